The Kier molecular flexibility index (Phi) is 4.56. The number of carbonyl (C=O) groups is 1. The molecule has 0 amide bonds. The molecule has 0 aromatic rings. The predicted octanol–water partition coefficient (Wildman–Crippen LogP) is 3.99. The maximum atomic E-state index is 12.8. The summed E-state index contributed by atoms with van der Waals surface area (Å²) in [5.41, 5.74) is 1.15. The fourth-order valence-corrected chi connectivity index (χ4v) is 5.03. The average molecular weight is 294 g/mol. The van der Waals surface area contributed by atoms with Crippen LogP contribution in [0, 0.1) is 11.8 Å². The Bertz CT molecular complexity index is 390. The van der Waals surface area contributed by atoms with Gasteiger partial charge in [-0.05, 0) is 67.9 Å². The first-order valence-corrected chi connectivity index (χ1v) is 9.29. The summed E-state index contributed by atoms with van der Waals surface area (Å²) in [7, 11) is 0. The number of carbonyl (C=O) groups excluding carboxylic acids is 1. The summed E-state index contributed by atoms with van der Waals surface area (Å²) in [6.45, 7) is 3.06. The van der Waals surface area contributed by atoms with Crippen molar-refractivity contribution in [3.05, 3.63) is 11.6 Å². The zero-order valence-electron chi connectivity index (χ0n) is 12.5. The van der Waals surface area contributed by atoms with Crippen LogP contribution in [0.3, 0.4) is 0 Å². The van der Waals surface area contributed by atoms with E-state index < -0.39 is 0 Å². The van der Waals surface area contributed by atoms with E-state index in [1.165, 1.54) is 17.9 Å². The van der Waals surface area contributed by atoms with E-state index in [1.807, 2.05) is 11.8 Å². The second-order valence-electron chi connectivity index (χ2n) is 6.81. The van der Waals surface area contributed by atoms with Crippen molar-refractivity contribution >= 4 is 17.5 Å². The van der Waals surface area contributed by atoms with Crippen LogP contribution in [0.15, 0.2) is 11.6 Å². The molecule has 3 aliphatic rings. The van der Waals surface area contributed by atoms with Crippen molar-refractivity contribution in [3.8, 4) is 0 Å². The average Bonchev–Trinajstić information content (AvgIpc) is 2.48. The van der Waals surface area contributed by atoms with Crippen molar-refractivity contribution in [2.45, 2.75) is 57.5 Å². The predicted molar refractivity (Wildman–Crippen MR) is 84.1 cm³/mol. The fraction of sp³-hybridized carbons (Fsp3) is 0.824. The van der Waals surface area contributed by atoms with Gasteiger partial charge in [0, 0.05) is 12.5 Å². The van der Waals surface area contributed by atoms with Crippen LogP contribution in [0.1, 0.15) is 51.9 Å². The smallest absolute Gasteiger partial charge is 0.161 e. The Balaban J connectivity index is 1.66. The minimum atomic E-state index is 0.0341. The Hall–Kier alpha value is -0.280. The van der Waals surface area contributed by atoms with Gasteiger partial charge in [0.2, 0.25) is 0 Å². The minimum absolute atomic E-state index is 0.0341. The number of hydrogen-bond acceptors (Lipinski definition) is 3. The van der Waals surface area contributed by atoms with Crippen molar-refractivity contribution < 1.29 is 9.53 Å². The van der Waals surface area contributed by atoms with Crippen molar-refractivity contribution in [1.82, 2.24) is 0 Å². The first-order valence-electron chi connectivity index (χ1n) is 8.13. The summed E-state index contributed by atoms with van der Waals surface area (Å²) in [5, 5.41) is 0. The van der Waals surface area contributed by atoms with Crippen molar-refractivity contribution in [2.24, 2.45) is 11.8 Å². The second kappa shape index (κ2) is 6.23. The summed E-state index contributed by atoms with van der Waals surface area (Å²) in [6.07, 6.45) is 9.67. The molecule has 0 saturated carbocycles. The molecule has 2 aliphatic heterocycles. The van der Waals surface area contributed by atoms with Crippen LogP contribution in [-0.2, 0) is 9.53 Å². The normalized spacial score (nSPS) is 33.8. The maximum absolute atomic E-state index is 12.8. The van der Waals surface area contributed by atoms with Gasteiger partial charge in [-0.2, -0.15) is 11.8 Å². The standard InChI is InChI=1S/C17H26O2S/c1-13-2-4-14(5-3-13)16(18)15-6-9-19-17(12-15)7-10-20-11-8-17/h4,13,15H,2-3,5-12H2,1H3. The number of hydrogen-bond donors (Lipinski definition) is 0. The molecule has 0 aromatic carbocycles. The quantitative estimate of drug-likeness (QED) is 0.770. The van der Waals surface area contributed by atoms with Crippen LogP contribution in [0.2, 0.25) is 0 Å². The third-order valence-corrected chi connectivity index (χ3v) is 6.24. The maximum Gasteiger partial charge on any atom is 0.161 e. The topological polar surface area (TPSA) is 26.3 Å². The molecule has 2 nitrogen and oxygen atoms in total. The zero-order valence-corrected chi connectivity index (χ0v) is 13.3. The molecule has 20 heavy (non-hydrogen) atoms. The molecule has 1 aliphatic carbocycles. The lowest BCUT2D eigenvalue weighted by atomic mass is 9.76. The van der Waals surface area contributed by atoms with Gasteiger partial charge in [0.25, 0.3) is 0 Å². The van der Waals surface area contributed by atoms with Crippen molar-refractivity contribution in [3.63, 3.8) is 0 Å². The molecule has 2 saturated heterocycles. The molecule has 3 heteroatoms. The van der Waals surface area contributed by atoms with E-state index in [2.05, 4.69) is 13.0 Å². The van der Waals surface area contributed by atoms with Crippen molar-refractivity contribution in [2.75, 3.05) is 18.1 Å². The fourth-order valence-electron chi connectivity index (χ4n) is 3.79. The van der Waals surface area contributed by atoms with Gasteiger partial charge < -0.3 is 4.74 Å². The lowest BCUT2D eigenvalue weighted by molar-refractivity contribution is -0.135. The van der Waals surface area contributed by atoms with E-state index in [1.54, 1.807) is 0 Å². The lowest BCUT2D eigenvalue weighted by Crippen LogP contribution is -2.44. The third-order valence-electron chi connectivity index (χ3n) is 5.26. The van der Waals surface area contributed by atoms with Gasteiger partial charge >= 0.3 is 0 Å². The number of thioether (sulfide) groups is 1. The highest BCUT2D eigenvalue weighted by Gasteiger charge is 2.41. The number of rotatable bonds is 2. The van der Waals surface area contributed by atoms with Gasteiger partial charge in [-0.15, -0.1) is 0 Å². The molecule has 2 heterocycles. The van der Waals surface area contributed by atoms with Crippen LogP contribution in [0.5, 0.6) is 0 Å². The van der Waals surface area contributed by atoms with Gasteiger partial charge in [-0.3, -0.25) is 4.79 Å². The van der Waals surface area contributed by atoms with Gasteiger partial charge in [-0.1, -0.05) is 13.0 Å². The van der Waals surface area contributed by atoms with Gasteiger partial charge in [-0.25, -0.2) is 0 Å². The highest BCUT2D eigenvalue weighted by molar-refractivity contribution is 7.99. The summed E-state index contributed by atoms with van der Waals surface area (Å²) >= 11 is 2.02. The first-order chi connectivity index (χ1) is 9.69. The number of Topliss-reactive ketones (excluding diaryl/α,β-unsaturated/α-hetero) is 1. The molecule has 1 spiro atoms. The monoisotopic (exact) mass is 294 g/mol. The molecule has 0 aromatic heterocycles. The van der Waals surface area contributed by atoms with Crippen LogP contribution >= 0.6 is 11.8 Å². The molecule has 0 radical (unpaired) electrons. The Morgan fingerprint density at radius 3 is 2.85 bits per heavy atom. The van der Waals surface area contributed by atoms with Crippen LogP contribution < -0.4 is 0 Å². The molecule has 2 atom stereocenters. The third kappa shape index (κ3) is 3.14. The molecular formula is C17H26O2S. The van der Waals surface area contributed by atoms with E-state index in [-0.39, 0.29) is 11.5 Å². The van der Waals surface area contributed by atoms with E-state index in [0.29, 0.717) is 5.78 Å². The SMILES string of the molecule is CC1CC=C(C(=O)C2CCOC3(CCSCC3)C2)CC1. The second-order valence-corrected chi connectivity index (χ2v) is 8.03. The summed E-state index contributed by atoms with van der Waals surface area (Å²) < 4.78 is 6.11. The molecule has 3 rings (SSSR count). The molecule has 2 unspecified atom stereocenters. The highest BCUT2D eigenvalue weighted by atomic mass is 32.2. The van der Waals surface area contributed by atoms with Gasteiger partial charge in [0.05, 0.1) is 5.60 Å². The molecule has 2 fully saturated rings. The van der Waals surface area contributed by atoms with Crippen LogP contribution in [0.4, 0.5) is 0 Å². The number of allylic oxidation sites excluding steroid dienone is 2. The number of ether oxygens (including phenoxy) is 1. The number of ketones is 1. The van der Waals surface area contributed by atoms with Crippen LogP contribution in [0.25, 0.3) is 0 Å². The van der Waals surface area contributed by atoms with E-state index >= 15 is 0 Å². The van der Waals surface area contributed by atoms with Crippen molar-refractivity contribution in [1.29, 1.82) is 0 Å². The molecular weight excluding hydrogens is 268 g/mol. The van der Waals surface area contributed by atoms with Gasteiger partial charge in [0.15, 0.2) is 5.78 Å². The summed E-state index contributed by atoms with van der Waals surface area (Å²) in [6, 6.07) is 0. The lowest BCUT2D eigenvalue weighted by Gasteiger charge is -2.43. The molecule has 112 valence electrons. The summed E-state index contributed by atoms with van der Waals surface area (Å²) in [5.74, 6) is 3.81. The minimum Gasteiger partial charge on any atom is -0.375 e. The van der Waals surface area contributed by atoms with Crippen LogP contribution in [-0.4, -0.2) is 29.5 Å². The van der Waals surface area contributed by atoms with E-state index in [4.69, 9.17) is 4.74 Å². The van der Waals surface area contributed by atoms with E-state index in [0.717, 1.165) is 56.6 Å². The molecule has 0 bridgehead atoms. The Morgan fingerprint density at radius 2 is 2.15 bits per heavy atom. The molecule has 0 N–H and O–H groups in total. The summed E-state index contributed by atoms with van der Waals surface area (Å²) in [4.78, 5) is 12.8. The largest absolute Gasteiger partial charge is 0.375 e. The highest BCUT2D eigenvalue weighted by Crippen LogP contribution is 2.41. The van der Waals surface area contributed by atoms with Gasteiger partial charge in [0.1, 0.15) is 0 Å². The zero-order chi connectivity index (χ0) is 14.0. The first kappa shape index (κ1) is 14.6. The Labute approximate surface area is 126 Å². The Morgan fingerprint density at radius 1 is 1.35 bits per heavy atom. The van der Waals surface area contributed by atoms with E-state index in [9.17, 15) is 4.79 Å².